The minimum atomic E-state index is -0.514. The lowest BCUT2D eigenvalue weighted by Gasteiger charge is -2.08. The molecule has 1 atom stereocenters. The number of benzene rings is 2. The normalized spacial score (nSPS) is 14.8. The average molecular weight is 392 g/mol. The number of amides is 1. The number of hydrogen-bond acceptors (Lipinski definition) is 6. The standard InChI is InChI=1S/C22H20N2O5/c1-13-9-15-10-14(7-8-19(15)28-13)20-11-16(24-29-20)12-21(25)23-18-6-4-3-5-17(18)22(26)27-2/h3-8,10-11,13H,9,12H2,1-2H3,(H,23,25). The van der Waals surface area contributed by atoms with Gasteiger partial charge in [-0.05, 0) is 42.8 Å². The van der Waals surface area contributed by atoms with Gasteiger partial charge in [0.1, 0.15) is 11.9 Å². The topological polar surface area (TPSA) is 90.7 Å². The van der Waals surface area contributed by atoms with Gasteiger partial charge in [0.25, 0.3) is 0 Å². The molecule has 1 N–H and O–H groups in total. The van der Waals surface area contributed by atoms with E-state index in [0.717, 1.165) is 23.3 Å². The number of methoxy groups -OCH3 is 1. The minimum Gasteiger partial charge on any atom is -0.490 e. The summed E-state index contributed by atoms with van der Waals surface area (Å²) in [4.78, 5) is 24.2. The summed E-state index contributed by atoms with van der Waals surface area (Å²) < 4.78 is 15.9. The van der Waals surface area contributed by atoms with E-state index in [1.807, 2.05) is 25.1 Å². The van der Waals surface area contributed by atoms with E-state index in [9.17, 15) is 9.59 Å². The Bertz CT molecular complexity index is 1070. The molecule has 2 aromatic carbocycles. The fourth-order valence-electron chi connectivity index (χ4n) is 3.35. The van der Waals surface area contributed by atoms with Gasteiger partial charge >= 0.3 is 5.97 Å². The second-order valence-electron chi connectivity index (χ2n) is 6.90. The Kier molecular flexibility index (Phi) is 5.03. The first-order valence-corrected chi connectivity index (χ1v) is 9.26. The average Bonchev–Trinajstić information content (AvgIpc) is 3.32. The predicted molar refractivity (Wildman–Crippen MR) is 106 cm³/mol. The molecule has 1 amide bonds. The lowest BCUT2D eigenvalue weighted by Crippen LogP contribution is -2.17. The number of hydrogen-bond donors (Lipinski definition) is 1. The molecule has 0 bridgehead atoms. The highest BCUT2D eigenvalue weighted by molar-refractivity contribution is 6.01. The van der Waals surface area contributed by atoms with Crippen molar-refractivity contribution >= 4 is 17.6 Å². The van der Waals surface area contributed by atoms with Crippen LogP contribution in [0, 0.1) is 0 Å². The van der Waals surface area contributed by atoms with Gasteiger partial charge < -0.3 is 19.3 Å². The zero-order chi connectivity index (χ0) is 20.4. The summed E-state index contributed by atoms with van der Waals surface area (Å²) >= 11 is 0. The molecule has 2 heterocycles. The third-order valence-corrected chi connectivity index (χ3v) is 4.69. The van der Waals surface area contributed by atoms with Gasteiger partial charge in [-0.15, -0.1) is 0 Å². The number of nitrogens with zero attached hydrogens (tertiary/aromatic N) is 1. The summed E-state index contributed by atoms with van der Waals surface area (Å²) in [5.74, 6) is 0.659. The predicted octanol–water partition coefficient (Wildman–Crippen LogP) is 3.63. The number of ether oxygens (including phenoxy) is 2. The molecule has 0 saturated carbocycles. The quantitative estimate of drug-likeness (QED) is 0.667. The van der Waals surface area contributed by atoms with Crippen LogP contribution in [0.2, 0.25) is 0 Å². The first-order chi connectivity index (χ1) is 14.0. The van der Waals surface area contributed by atoms with Crippen LogP contribution >= 0.6 is 0 Å². The summed E-state index contributed by atoms with van der Waals surface area (Å²) in [6.07, 6.45) is 1.04. The molecular weight excluding hydrogens is 372 g/mol. The van der Waals surface area contributed by atoms with Crippen LogP contribution in [0.25, 0.3) is 11.3 Å². The summed E-state index contributed by atoms with van der Waals surface area (Å²) in [6.45, 7) is 2.03. The van der Waals surface area contributed by atoms with Crippen molar-refractivity contribution < 1.29 is 23.6 Å². The van der Waals surface area contributed by atoms with Crippen LogP contribution < -0.4 is 10.1 Å². The van der Waals surface area contributed by atoms with E-state index < -0.39 is 5.97 Å². The van der Waals surface area contributed by atoms with Crippen LogP contribution in [-0.4, -0.2) is 30.2 Å². The van der Waals surface area contributed by atoms with Gasteiger partial charge in [-0.1, -0.05) is 17.3 Å². The maximum Gasteiger partial charge on any atom is 0.339 e. The molecule has 0 saturated heterocycles. The highest BCUT2D eigenvalue weighted by atomic mass is 16.5. The van der Waals surface area contributed by atoms with Crippen LogP contribution in [0.15, 0.2) is 53.1 Å². The molecule has 1 unspecified atom stereocenters. The van der Waals surface area contributed by atoms with Gasteiger partial charge in [-0.3, -0.25) is 4.79 Å². The van der Waals surface area contributed by atoms with Crippen molar-refractivity contribution in [1.82, 2.24) is 5.16 Å². The molecule has 0 radical (unpaired) electrons. The molecule has 148 valence electrons. The van der Waals surface area contributed by atoms with Crippen molar-refractivity contribution in [1.29, 1.82) is 0 Å². The van der Waals surface area contributed by atoms with Crippen LogP contribution in [0.1, 0.15) is 28.5 Å². The van der Waals surface area contributed by atoms with Crippen LogP contribution in [-0.2, 0) is 22.4 Å². The number of carbonyl (C=O) groups is 2. The Labute approximate surface area is 167 Å². The second-order valence-corrected chi connectivity index (χ2v) is 6.90. The van der Waals surface area contributed by atoms with E-state index in [1.54, 1.807) is 30.3 Å². The summed E-state index contributed by atoms with van der Waals surface area (Å²) in [6, 6.07) is 14.3. The largest absolute Gasteiger partial charge is 0.490 e. The molecule has 1 aliphatic rings. The Hall–Kier alpha value is -3.61. The molecule has 0 fully saturated rings. The number of rotatable bonds is 5. The third kappa shape index (κ3) is 3.99. The number of aromatic nitrogens is 1. The second kappa shape index (κ2) is 7.79. The molecule has 1 aliphatic heterocycles. The first kappa shape index (κ1) is 18.7. The Balaban J connectivity index is 1.46. The monoisotopic (exact) mass is 392 g/mol. The van der Waals surface area contributed by atoms with E-state index >= 15 is 0 Å². The van der Waals surface area contributed by atoms with E-state index in [4.69, 9.17) is 14.0 Å². The molecule has 7 nitrogen and oxygen atoms in total. The number of esters is 1. The molecule has 29 heavy (non-hydrogen) atoms. The fraction of sp³-hybridized carbons (Fsp3) is 0.227. The van der Waals surface area contributed by atoms with E-state index in [2.05, 4.69) is 10.5 Å². The molecular formula is C22H20N2O5. The van der Waals surface area contributed by atoms with Crippen LogP contribution in [0.4, 0.5) is 5.69 Å². The van der Waals surface area contributed by atoms with Crippen molar-refractivity contribution in [3.63, 3.8) is 0 Å². The number of carbonyl (C=O) groups excluding carboxylic acids is 2. The molecule has 4 rings (SSSR count). The summed E-state index contributed by atoms with van der Waals surface area (Å²) in [5.41, 5.74) is 3.19. The Morgan fingerprint density at radius 3 is 2.86 bits per heavy atom. The highest BCUT2D eigenvalue weighted by Gasteiger charge is 2.20. The molecule has 3 aromatic rings. The molecule has 1 aromatic heterocycles. The SMILES string of the molecule is COC(=O)c1ccccc1NC(=O)Cc1cc(-c2ccc3c(c2)CC(C)O3)on1. The molecule has 0 spiro atoms. The number of anilines is 1. The first-order valence-electron chi connectivity index (χ1n) is 9.26. The van der Waals surface area contributed by atoms with E-state index in [1.165, 1.54) is 7.11 Å². The van der Waals surface area contributed by atoms with Crippen molar-refractivity contribution in [2.75, 3.05) is 12.4 Å². The Morgan fingerprint density at radius 2 is 2.03 bits per heavy atom. The minimum absolute atomic E-state index is 0.0179. The van der Waals surface area contributed by atoms with Crippen molar-refractivity contribution in [2.24, 2.45) is 0 Å². The van der Waals surface area contributed by atoms with Gasteiger partial charge in [-0.2, -0.15) is 0 Å². The summed E-state index contributed by atoms with van der Waals surface area (Å²) in [7, 11) is 1.30. The highest BCUT2D eigenvalue weighted by Crippen LogP contribution is 2.33. The molecule has 0 aliphatic carbocycles. The molecule has 7 heteroatoms. The van der Waals surface area contributed by atoms with Crippen molar-refractivity contribution in [2.45, 2.75) is 25.9 Å². The van der Waals surface area contributed by atoms with Gasteiger partial charge in [-0.25, -0.2) is 4.79 Å². The smallest absolute Gasteiger partial charge is 0.339 e. The number of nitrogens with one attached hydrogen (secondary N) is 1. The maximum atomic E-state index is 12.4. The van der Waals surface area contributed by atoms with E-state index in [0.29, 0.717) is 22.7 Å². The zero-order valence-corrected chi connectivity index (χ0v) is 16.1. The lowest BCUT2D eigenvalue weighted by atomic mass is 10.1. The number of fused-ring (bicyclic) bond motifs is 1. The Morgan fingerprint density at radius 1 is 1.21 bits per heavy atom. The van der Waals surface area contributed by atoms with E-state index in [-0.39, 0.29) is 18.4 Å². The van der Waals surface area contributed by atoms with Crippen LogP contribution in [0.3, 0.4) is 0 Å². The van der Waals surface area contributed by atoms with Gasteiger partial charge in [0, 0.05) is 18.1 Å². The van der Waals surface area contributed by atoms with Gasteiger partial charge in [0.05, 0.1) is 30.5 Å². The lowest BCUT2D eigenvalue weighted by molar-refractivity contribution is -0.115. The zero-order valence-electron chi connectivity index (χ0n) is 16.1. The number of para-hydroxylation sites is 1. The van der Waals surface area contributed by atoms with Crippen LogP contribution in [0.5, 0.6) is 5.75 Å². The third-order valence-electron chi connectivity index (χ3n) is 4.69. The van der Waals surface area contributed by atoms with Gasteiger partial charge in [0.2, 0.25) is 5.91 Å². The fourth-order valence-corrected chi connectivity index (χ4v) is 3.35. The van der Waals surface area contributed by atoms with Crippen molar-refractivity contribution in [3.05, 3.63) is 65.4 Å². The maximum absolute atomic E-state index is 12.4. The van der Waals surface area contributed by atoms with Gasteiger partial charge in [0.15, 0.2) is 5.76 Å². The van der Waals surface area contributed by atoms with Crippen molar-refractivity contribution in [3.8, 4) is 17.1 Å². The summed E-state index contributed by atoms with van der Waals surface area (Å²) in [5, 5.41) is 6.72.